The third-order valence-electron chi connectivity index (χ3n) is 6.82. The molecule has 3 N–H and O–H groups in total. The fourth-order valence-corrected chi connectivity index (χ4v) is 4.55. The molecule has 2 amide bonds. The summed E-state index contributed by atoms with van der Waals surface area (Å²) < 4.78 is 10.5. The van der Waals surface area contributed by atoms with Crippen molar-refractivity contribution in [2.75, 3.05) is 19.5 Å². The zero-order valence-corrected chi connectivity index (χ0v) is 22.3. The van der Waals surface area contributed by atoms with Crippen molar-refractivity contribution >= 4 is 17.5 Å². The predicted octanol–water partition coefficient (Wildman–Crippen LogP) is 4.42. The molecule has 0 fully saturated rings. The molecule has 9 heteroatoms. The van der Waals surface area contributed by atoms with E-state index in [4.69, 9.17) is 9.47 Å². The molecule has 1 aromatic carbocycles. The zero-order chi connectivity index (χ0) is 27.9. The van der Waals surface area contributed by atoms with E-state index in [2.05, 4.69) is 26.7 Å². The first-order valence-corrected chi connectivity index (χ1v) is 12.5. The second-order valence-corrected chi connectivity index (χ2v) is 9.24. The Morgan fingerprint density at radius 2 is 1.67 bits per heavy atom. The van der Waals surface area contributed by atoms with Crippen molar-refractivity contribution in [3.63, 3.8) is 0 Å². The predicted molar refractivity (Wildman–Crippen MR) is 147 cm³/mol. The van der Waals surface area contributed by atoms with Crippen LogP contribution in [0.15, 0.2) is 78.8 Å². The number of aromatic nitrogens is 2. The maximum atomic E-state index is 13.0. The van der Waals surface area contributed by atoms with E-state index in [-0.39, 0.29) is 41.6 Å². The maximum Gasteiger partial charge on any atom is 0.274 e. The highest BCUT2D eigenvalue weighted by Crippen LogP contribution is 2.37. The van der Waals surface area contributed by atoms with Crippen LogP contribution >= 0.6 is 0 Å². The molecule has 0 bridgehead atoms. The maximum absolute atomic E-state index is 13.0. The van der Waals surface area contributed by atoms with Crippen LogP contribution in [-0.2, 0) is 16.1 Å². The number of pyridine rings is 2. The van der Waals surface area contributed by atoms with E-state index in [0.29, 0.717) is 16.8 Å². The molecule has 0 aliphatic heterocycles. The Balaban J connectivity index is 1.47. The number of ether oxygens (including phenoxy) is 2. The van der Waals surface area contributed by atoms with Crippen LogP contribution in [-0.4, -0.2) is 41.1 Å². The van der Waals surface area contributed by atoms with Gasteiger partial charge in [0, 0.05) is 55.4 Å². The number of benzene rings is 1. The van der Waals surface area contributed by atoms with E-state index in [1.807, 2.05) is 44.2 Å². The average Bonchev–Trinajstić information content (AvgIpc) is 2.96. The van der Waals surface area contributed by atoms with Crippen LogP contribution in [0.25, 0.3) is 0 Å². The topological polar surface area (TPSA) is 123 Å². The van der Waals surface area contributed by atoms with Crippen LogP contribution in [0.3, 0.4) is 0 Å². The minimum Gasteiger partial charge on any atom is -0.392 e. The Morgan fingerprint density at radius 3 is 2.28 bits per heavy atom. The molecule has 1 aliphatic rings. The number of anilines is 1. The van der Waals surface area contributed by atoms with Gasteiger partial charge in [-0.3, -0.25) is 19.6 Å². The Labute approximate surface area is 227 Å². The van der Waals surface area contributed by atoms with E-state index in [0.717, 1.165) is 16.8 Å². The molecule has 9 nitrogen and oxygen atoms in total. The first-order valence-electron chi connectivity index (χ1n) is 12.5. The Hall–Kier alpha value is -4.18. The molecule has 0 spiro atoms. The number of carbonyl (C=O) groups is 2. The Morgan fingerprint density at radius 1 is 0.974 bits per heavy atom. The summed E-state index contributed by atoms with van der Waals surface area (Å²) in [6.07, 6.45) is 8.39. The summed E-state index contributed by atoms with van der Waals surface area (Å²) in [4.78, 5) is 34.2. The Kier molecular flexibility index (Phi) is 8.98. The number of amides is 2. The van der Waals surface area contributed by atoms with Crippen molar-refractivity contribution in [3.05, 3.63) is 112 Å². The summed E-state index contributed by atoms with van der Waals surface area (Å²) in [7, 11) is 3.07. The first kappa shape index (κ1) is 27.8. The van der Waals surface area contributed by atoms with E-state index in [9.17, 15) is 14.7 Å². The van der Waals surface area contributed by atoms with Crippen molar-refractivity contribution in [2.24, 2.45) is 5.92 Å². The van der Waals surface area contributed by atoms with Gasteiger partial charge in [-0.1, -0.05) is 43.3 Å². The van der Waals surface area contributed by atoms with Crippen molar-refractivity contribution in [3.8, 4) is 0 Å². The lowest BCUT2D eigenvalue weighted by molar-refractivity contribution is -0.106. The van der Waals surface area contributed by atoms with Gasteiger partial charge < -0.3 is 25.2 Å². The molecular formula is C30H32N4O5. The van der Waals surface area contributed by atoms with Gasteiger partial charge in [0.1, 0.15) is 11.4 Å². The van der Waals surface area contributed by atoms with Crippen LogP contribution in [0, 0.1) is 12.8 Å². The van der Waals surface area contributed by atoms with Gasteiger partial charge in [0.15, 0.2) is 6.29 Å². The number of nitrogens with one attached hydrogen (secondary N) is 2. The largest absolute Gasteiger partial charge is 0.392 e. The summed E-state index contributed by atoms with van der Waals surface area (Å²) in [5, 5.41) is 15.2. The molecule has 2 unspecified atom stereocenters. The third kappa shape index (κ3) is 6.28. The first-order chi connectivity index (χ1) is 18.9. The van der Waals surface area contributed by atoms with Gasteiger partial charge >= 0.3 is 0 Å². The van der Waals surface area contributed by atoms with Crippen molar-refractivity contribution in [1.82, 2.24) is 15.3 Å². The Bertz CT molecular complexity index is 1380. The van der Waals surface area contributed by atoms with E-state index in [1.54, 1.807) is 30.5 Å². The number of hydrogen-bond acceptors (Lipinski definition) is 7. The van der Waals surface area contributed by atoms with Crippen LogP contribution in [0.5, 0.6) is 0 Å². The number of aliphatic hydroxyl groups excluding tert-OH is 1. The number of rotatable bonds is 9. The zero-order valence-electron chi connectivity index (χ0n) is 22.3. The lowest BCUT2D eigenvalue weighted by Crippen LogP contribution is -2.30. The lowest BCUT2D eigenvalue weighted by atomic mass is 9.80. The summed E-state index contributed by atoms with van der Waals surface area (Å²) in [6.45, 7) is 3.88. The molecule has 2 atom stereocenters. The molecule has 0 saturated carbocycles. The number of nitrogens with zero attached hydrogens (tertiary/aromatic N) is 2. The van der Waals surface area contributed by atoms with Gasteiger partial charge in [-0.05, 0) is 47.9 Å². The molecule has 0 radical (unpaired) electrons. The third-order valence-corrected chi connectivity index (χ3v) is 6.82. The summed E-state index contributed by atoms with van der Waals surface area (Å²) in [5.74, 6) is -0.702. The molecule has 2 heterocycles. The molecule has 3 aromatic rings. The summed E-state index contributed by atoms with van der Waals surface area (Å²) in [5.41, 5.74) is 5.31. The van der Waals surface area contributed by atoms with Crippen molar-refractivity contribution in [2.45, 2.75) is 32.7 Å². The van der Waals surface area contributed by atoms with Gasteiger partial charge in [-0.15, -0.1) is 0 Å². The second-order valence-electron chi connectivity index (χ2n) is 9.24. The number of hydrogen-bond donors (Lipinski definition) is 3. The molecule has 0 saturated heterocycles. The minimum atomic E-state index is -0.550. The second kappa shape index (κ2) is 12.6. The van der Waals surface area contributed by atoms with Crippen molar-refractivity contribution < 1.29 is 24.2 Å². The number of aliphatic hydroxyl groups is 1. The van der Waals surface area contributed by atoms with Crippen LogP contribution in [0.2, 0.25) is 0 Å². The average molecular weight is 529 g/mol. The van der Waals surface area contributed by atoms with E-state index < -0.39 is 6.29 Å². The smallest absolute Gasteiger partial charge is 0.274 e. The standard InChI is InChI=1S/C30H32N4O5/c1-18-22(7-5-9-24(18)33-28(36)26-13-11-20(17-35)15-31-26)23-8-6-10-25(19(23)2)34-29(37)27-14-12-21(16-32-27)30(38-3)39-4/h5-16,18,22,30,35H,17H2,1-4H3,(H,33,36)(H,34,37). The van der Waals surface area contributed by atoms with Crippen LogP contribution in [0.4, 0.5) is 5.69 Å². The molecule has 4 rings (SSSR count). The van der Waals surface area contributed by atoms with E-state index in [1.165, 1.54) is 20.4 Å². The van der Waals surface area contributed by atoms with Gasteiger partial charge in [0.05, 0.1) is 6.61 Å². The highest BCUT2D eigenvalue weighted by Gasteiger charge is 2.26. The monoisotopic (exact) mass is 528 g/mol. The summed E-state index contributed by atoms with van der Waals surface area (Å²) in [6, 6.07) is 12.4. The summed E-state index contributed by atoms with van der Waals surface area (Å²) >= 11 is 0. The van der Waals surface area contributed by atoms with Gasteiger partial charge in [0.25, 0.3) is 11.8 Å². The number of carbonyl (C=O) groups excluding carboxylic acids is 2. The van der Waals surface area contributed by atoms with Crippen LogP contribution < -0.4 is 10.6 Å². The highest BCUT2D eigenvalue weighted by atomic mass is 16.7. The fourth-order valence-electron chi connectivity index (χ4n) is 4.55. The van der Waals surface area contributed by atoms with Gasteiger partial charge in [-0.25, -0.2) is 0 Å². The minimum absolute atomic E-state index is 0.0238. The lowest BCUT2D eigenvalue weighted by Gasteiger charge is -2.29. The highest BCUT2D eigenvalue weighted by molar-refractivity contribution is 6.03. The van der Waals surface area contributed by atoms with Crippen LogP contribution in [0.1, 0.15) is 62.4 Å². The van der Waals surface area contributed by atoms with Crippen molar-refractivity contribution in [1.29, 1.82) is 0 Å². The van der Waals surface area contributed by atoms with Gasteiger partial charge in [0.2, 0.25) is 0 Å². The molecule has 2 aromatic heterocycles. The van der Waals surface area contributed by atoms with E-state index >= 15 is 0 Å². The fraction of sp³-hybridized carbons (Fsp3) is 0.267. The molecule has 39 heavy (non-hydrogen) atoms. The molecule has 202 valence electrons. The quantitative estimate of drug-likeness (QED) is 0.351. The molecular weight excluding hydrogens is 496 g/mol. The normalized spacial score (nSPS) is 16.6. The van der Waals surface area contributed by atoms with Gasteiger partial charge in [-0.2, -0.15) is 0 Å². The number of methoxy groups -OCH3 is 2. The number of allylic oxidation sites excluding steroid dienone is 4. The SMILES string of the molecule is COC(OC)c1ccc(C(=O)Nc2cccc(C3C=CC=C(NC(=O)c4ccc(CO)cn4)C3C)c2C)nc1. The molecule has 1 aliphatic carbocycles.